The third-order valence-corrected chi connectivity index (χ3v) is 5.07. The molecule has 0 atom stereocenters. The van der Waals surface area contributed by atoms with Crippen molar-refractivity contribution < 1.29 is 28.8 Å². The smallest absolute Gasteiger partial charge is 0.343 e. The first kappa shape index (κ1) is 27.5. The Labute approximate surface area is 218 Å². The van der Waals surface area contributed by atoms with Crippen molar-refractivity contribution in [1.82, 2.24) is 10.7 Å². The fourth-order valence-electron chi connectivity index (χ4n) is 3.24. The molecule has 38 heavy (non-hydrogen) atoms. The molecule has 2 amide bonds. The molecule has 0 unspecified atom stereocenters. The minimum atomic E-state index is -0.575. The number of nitrogens with zero attached hydrogens (tertiary/aromatic N) is 2. The largest absolute Gasteiger partial charge is 0.490 e. The summed E-state index contributed by atoms with van der Waals surface area (Å²) in [5.74, 6) is -0.721. The Kier molecular flexibility index (Phi) is 10.1. The summed E-state index contributed by atoms with van der Waals surface area (Å²) in [7, 11) is 0. The molecule has 0 heterocycles. The van der Waals surface area contributed by atoms with Gasteiger partial charge in [0.1, 0.15) is 0 Å². The van der Waals surface area contributed by atoms with Crippen LogP contribution < -0.4 is 20.2 Å². The third kappa shape index (κ3) is 8.26. The lowest BCUT2D eigenvalue weighted by molar-refractivity contribution is -0.384. The lowest BCUT2D eigenvalue weighted by Gasteiger charge is -2.11. The van der Waals surface area contributed by atoms with E-state index in [4.69, 9.17) is 9.47 Å². The Morgan fingerprint density at radius 3 is 2.47 bits per heavy atom. The second kappa shape index (κ2) is 13.9. The molecule has 0 aliphatic heterocycles. The normalized spacial score (nSPS) is 10.6. The summed E-state index contributed by atoms with van der Waals surface area (Å²) in [6, 6.07) is 18.9. The van der Waals surface area contributed by atoms with Gasteiger partial charge >= 0.3 is 5.97 Å². The van der Waals surface area contributed by atoms with Gasteiger partial charge in [-0.1, -0.05) is 24.3 Å². The van der Waals surface area contributed by atoms with E-state index in [1.54, 1.807) is 55.5 Å². The number of hydrazone groups is 1. The monoisotopic (exact) mass is 518 g/mol. The van der Waals surface area contributed by atoms with Crippen LogP contribution in [0.4, 0.5) is 5.69 Å². The van der Waals surface area contributed by atoms with Gasteiger partial charge in [-0.15, -0.1) is 0 Å². The Balaban J connectivity index is 1.46. The molecule has 196 valence electrons. The summed E-state index contributed by atoms with van der Waals surface area (Å²) in [5, 5.41) is 17.4. The third-order valence-electron chi connectivity index (χ3n) is 5.07. The second-order valence-electron chi connectivity index (χ2n) is 7.85. The van der Waals surface area contributed by atoms with E-state index in [1.807, 2.05) is 0 Å². The van der Waals surface area contributed by atoms with Crippen LogP contribution in [-0.2, 0) is 4.79 Å². The van der Waals surface area contributed by atoms with Crippen molar-refractivity contribution in [2.24, 2.45) is 5.10 Å². The molecule has 3 aromatic rings. The van der Waals surface area contributed by atoms with E-state index in [0.717, 1.165) is 0 Å². The van der Waals surface area contributed by atoms with Crippen molar-refractivity contribution in [2.75, 3.05) is 13.2 Å². The Hall–Kier alpha value is -5.06. The van der Waals surface area contributed by atoms with E-state index in [-0.39, 0.29) is 35.9 Å². The van der Waals surface area contributed by atoms with Crippen LogP contribution in [0.3, 0.4) is 0 Å². The van der Waals surface area contributed by atoms with Gasteiger partial charge in [-0.25, -0.2) is 10.2 Å². The summed E-state index contributed by atoms with van der Waals surface area (Å²) in [6.07, 6.45) is 1.87. The van der Waals surface area contributed by atoms with E-state index in [2.05, 4.69) is 15.8 Å². The van der Waals surface area contributed by atoms with E-state index < -0.39 is 16.8 Å². The summed E-state index contributed by atoms with van der Waals surface area (Å²) < 4.78 is 11.0. The lowest BCUT2D eigenvalue weighted by Crippen LogP contribution is -2.26. The topological polar surface area (TPSA) is 149 Å². The molecule has 0 saturated carbocycles. The second-order valence-corrected chi connectivity index (χ2v) is 7.85. The summed E-state index contributed by atoms with van der Waals surface area (Å²) in [6.45, 7) is 2.36. The van der Waals surface area contributed by atoms with E-state index in [0.29, 0.717) is 29.9 Å². The highest BCUT2D eigenvalue weighted by Gasteiger charge is 2.13. The maximum atomic E-state index is 12.4. The predicted molar refractivity (Wildman–Crippen MR) is 139 cm³/mol. The molecule has 11 heteroatoms. The van der Waals surface area contributed by atoms with Gasteiger partial charge in [0.2, 0.25) is 5.91 Å². The first-order valence-corrected chi connectivity index (χ1v) is 11.8. The number of amides is 2. The highest BCUT2D eigenvalue weighted by molar-refractivity contribution is 5.94. The fourth-order valence-corrected chi connectivity index (χ4v) is 3.24. The van der Waals surface area contributed by atoms with Gasteiger partial charge in [-0.05, 0) is 55.3 Å². The highest BCUT2D eigenvalue weighted by atomic mass is 16.6. The quantitative estimate of drug-likeness (QED) is 0.0923. The molecule has 11 nitrogen and oxygen atoms in total. The Bertz CT molecular complexity index is 1330. The number of nitrogens with one attached hydrogen (secondary N) is 2. The molecular weight excluding hydrogens is 492 g/mol. The number of benzene rings is 3. The van der Waals surface area contributed by atoms with Gasteiger partial charge in [0.15, 0.2) is 11.5 Å². The van der Waals surface area contributed by atoms with E-state index in [9.17, 15) is 24.5 Å². The van der Waals surface area contributed by atoms with Crippen molar-refractivity contribution in [2.45, 2.75) is 19.8 Å². The van der Waals surface area contributed by atoms with Crippen LogP contribution >= 0.6 is 0 Å². The average Bonchev–Trinajstić information content (AvgIpc) is 2.93. The van der Waals surface area contributed by atoms with Gasteiger partial charge in [-0.2, -0.15) is 5.10 Å². The predicted octanol–water partition coefficient (Wildman–Crippen LogP) is 3.87. The number of hydrogen-bond donors (Lipinski definition) is 2. The first-order valence-electron chi connectivity index (χ1n) is 11.8. The molecular formula is C27H26N4O7. The van der Waals surface area contributed by atoms with Gasteiger partial charge < -0.3 is 14.8 Å². The van der Waals surface area contributed by atoms with Gasteiger partial charge in [0.05, 0.1) is 23.3 Å². The number of rotatable bonds is 12. The summed E-state index contributed by atoms with van der Waals surface area (Å²) in [5.41, 5.74) is 3.42. The number of nitro benzene ring substituents is 1. The minimum Gasteiger partial charge on any atom is -0.490 e. The van der Waals surface area contributed by atoms with Crippen LogP contribution in [0.15, 0.2) is 77.9 Å². The number of non-ortho nitro benzene ring substituents is 1. The first-order chi connectivity index (χ1) is 18.4. The molecule has 2 N–H and O–H groups in total. The van der Waals surface area contributed by atoms with Crippen molar-refractivity contribution in [3.63, 3.8) is 0 Å². The average molecular weight is 519 g/mol. The summed E-state index contributed by atoms with van der Waals surface area (Å²) >= 11 is 0. The number of esters is 1. The molecule has 0 aliphatic carbocycles. The zero-order chi connectivity index (χ0) is 27.3. The minimum absolute atomic E-state index is 0.102. The van der Waals surface area contributed by atoms with Crippen molar-refractivity contribution in [3.8, 4) is 11.5 Å². The molecule has 0 spiro atoms. The Morgan fingerprint density at radius 2 is 1.74 bits per heavy atom. The number of carbonyl (C=O) groups is 3. The molecule has 3 rings (SSSR count). The molecule has 3 aromatic carbocycles. The van der Waals surface area contributed by atoms with Crippen LogP contribution in [0, 0.1) is 10.1 Å². The standard InChI is InChI=1S/C27H26N4O7/c1-2-37-24-16-19(13-14-23(24)38-27(34)20-8-4-3-5-9-20)18-29-30-25(32)12-7-15-28-26(33)21-10-6-11-22(17-21)31(35)36/h3-6,8-11,13-14,16-18H,2,7,12,15H2,1H3,(H,28,33)(H,30,32). The number of nitro groups is 1. The number of ether oxygens (including phenoxy) is 2. The van der Waals surface area contributed by atoms with Crippen molar-refractivity contribution >= 4 is 29.7 Å². The number of hydrogen-bond acceptors (Lipinski definition) is 8. The van der Waals surface area contributed by atoms with Crippen molar-refractivity contribution in [3.05, 3.63) is 99.6 Å². The summed E-state index contributed by atoms with van der Waals surface area (Å²) in [4.78, 5) is 46.8. The van der Waals surface area contributed by atoms with Gasteiger partial charge in [-0.3, -0.25) is 19.7 Å². The van der Waals surface area contributed by atoms with Crippen molar-refractivity contribution in [1.29, 1.82) is 0 Å². The SMILES string of the molecule is CCOc1cc(C=NNC(=O)CCCNC(=O)c2cccc([N+](=O)[O-])c2)ccc1OC(=O)c1ccccc1. The van der Waals surface area contributed by atoms with Gasteiger partial charge in [0, 0.05) is 30.7 Å². The molecule has 0 fully saturated rings. The number of carbonyl (C=O) groups excluding carboxylic acids is 3. The van der Waals surface area contributed by atoms with Crippen LogP contribution in [0.1, 0.15) is 46.0 Å². The van der Waals surface area contributed by atoms with Crippen LogP contribution in [0.5, 0.6) is 11.5 Å². The van der Waals surface area contributed by atoms with E-state index >= 15 is 0 Å². The lowest BCUT2D eigenvalue weighted by atomic mass is 10.2. The maximum absolute atomic E-state index is 12.4. The molecule has 0 radical (unpaired) electrons. The Morgan fingerprint density at radius 1 is 0.974 bits per heavy atom. The molecule has 0 aromatic heterocycles. The maximum Gasteiger partial charge on any atom is 0.343 e. The van der Waals surface area contributed by atoms with E-state index in [1.165, 1.54) is 30.5 Å². The highest BCUT2D eigenvalue weighted by Crippen LogP contribution is 2.29. The molecule has 0 saturated heterocycles. The molecule has 0 aliphatic rings. The van der Waals surface area contributed by atoms with Crippen LogP contribution in [0.2, 0.25) is 0 Å². The van der Waals surface area contributed by atoms with Gasteiger partial charge in [0.25, 0.3) is 11.6 Å². The van der Waals surface area contributed by atoms with Crippen LogP contribution in [-0.4, -0.2) is 42.1 Å². The van der Waals surface area contributed by atoms with Crippen LogP contribution in [0.25, 0.3) is 0 Å². The fraction of sp³-hybridized carbons (Fsp3) is 0.185. The zero-order valence-electron chi connectivity index (χ0n) is 20.6. The molecule has 0 bridgehead atoms. The zero-order valence-corrected chi connectivity index (χ0v) is 20.6.